The number of nitriles is 1. The van der Waals surface area contributed by atoms with E-state index in [1.54, 1.807) is 12.3 Å². The molecule has 13 heteroatoms. The molecule has 1 unspecified atom stereocenters. The Hall–Kier alpha value is -2.72. The maximum atomic E-state index is 12.5. The lowest BCUT2D eigenvalue weighted by Gasteiger charge is -2.31. The van der Waals surface area contributed by atoms with E-state index in [1.807, 2.05) is 0 Å². The molecule has 1 saturated carbocycles. The highest BCUT2D eigenvalue weighted by Crippen LogP contribution is 2.32. The van der Waals surface area contributed by atoms with Crippen LogP contribution >= 0.6 is 11.6 Å². The number of nitrogens with one attached hydrogen (secondary N) is 2. The standard InChI is InChI=1S/C25H30ClF3N6O3/c26-19-10-33-22(34-17-3-1-16(2-4-17)32-12-21(36)25(27,28)29)9-18(19)20-11-31-13-23(35-20)38-15-24(14-30)5-7-37-8-6-24/h9-11,13,16-17,21,32,36H,1-8,12,15H2,(H,33,34). The summed E-state index contributed by atoms with van der Waals surface area (Å²) in [6, 6.07) is 4.13. The summed E-state index contributed by atoms with van der Waals surface area (Å²) in [6.07, 6.45) is 1.58. The van der Waals surface area contributed by atoms with Crippen molar-refractivity contribution in [1.82, 2.24) is 20.3 Å². The van der Waals surface area contributed by atoms with E-state index >= 15 is 0 Å². The van der Waals surface area contributed by atoms with Crippen molar-refractivity contribution in [3.05, 3.63) is 29.7 Å². The number of aromatic nitrogens is 3. The van der Waals surface area contributed by atoms with Crippen molar-refractivity contribution in [2.75, 3.05) is 31.7 Å². The number of ether oxygens (including phenoxy) is 2. The van der Waals surface area contributed by atoms with Crippen molar-refractivity contribution in [3.63, 3.8) is 0 Å². The molecule has 38 heavy (non-hydrogen) atoms. The van der Waals surface area contributed by atoms with Gasteiger partial charge in [0.05, 0.1) is 34.6 Å². The summed E-state index contributed by atoms with van der Waals surface area (Å²) in [6.45, 7) is 0.716. The molecule has 1 aliphatic carbocycles. The molecule has 3 heterocycles. The van der Waals surface area contributed by atoms with E-state index in [4.69, 9.17) is 21.1 Å². The highest BCUT2D eigenvalue weighted by molar-refractivity contribution is 6.33. The fourth-order valence-electron chi connectivity index (χ4n) is 4.57. The molecule has 0 bridgehead atoms. The number of hydrogen-bond donors (Lipinski definition) is 3. The highest BCUT2D eigenvalue weighted by atomic mass is 35.5. The van der Waals surface area contributed by atoms with E-state index in [1.165, 1.54) is 12.4 Å². The third-order valence-electron chi connectivity index (χ3n) is 6.98. The SMILES string of the molecule is N#CC1(COc2cncc(-c3cc(NC4CCC(NCC(O)C(F)(F)F)CC4)ncc3Cl)n2)CCOCC1. The van der Waals surface area contributed by atoms with E-state index in [0.717, 1.165) is 12.8 Å². The number of alkyl halides is 3. The Balaban J connectivity index is 1.34. The van der Waals surface area contributed by atoms with Gasteiger partial charge in [0.2, 0.25) is 5.88 Å². The lowest BCUT2D eigenvalue weighted by molar-refractivity contribution is -0.202. The first-order chi connectivity index (χ1) is 18.2. The number of rotatable bonds is 9. The molecule has 4 rings (SSSR count). The lowest BCUT2D eigenvalue weighted by atomic mass is 9.83. The van der Waals surface area contributed by atoms with Crippen molar-refractivity contribution in [1.29, 1.82) is 5.26 Å². The van der Waals surface area contributed by atoms with Crippen molar-refractivity contribution in [3.8, 4) is 23.2 Å². The van der Waals surface area contributed by atoms with E-state index in [0.29, 0.717) is 61.0 Å². The van der Waals surface area contributed by atoms with E-state index in [2.05, 4.69) is 31.7 Å². The monoisotopic (exact) mass is 554 g/mol. The van der Waals surface area contributed by atoms with Crippen molar-refractivity contribution in [2.24, 2.45) is 5.41 Å². The number of aliphatic hydroxyl groups is 1. The quantitative estimate of drug-likeness (QED) is 0.419. The number of hydrogen-bond acceptors (Lipinski definition) is 9. The normalized spacial score (nSPS) is 22.3. The molecule has 0 radical (unpaired) electrons. The first-order valence-electron chi connectivity index (χ1n) is 12.5. The van der Waals surface area contributed by atoms with E-state index in [-0.39, 0.29) is 24.6 Å². The Bertz CT molecular complexity index is 1120. The van der Waals surface area contributed by atoms with E-state index in [9.17, 15) is 23.5 Å². The van der Waals surface area contributed by atoms with Crippen LogP contribution in [-0.4, -0.2) is 70.8 Å². The summed E-state index contributed by atoms with van der Waals surface area (Å²) in [4.78, 5) is 13.1. The van der Waals surface area contributed by atoms with Gasteiger partial charge in [-0.25, -0.2) is 9.97 Å². The van der Waals surface area contributed by atoms with Gasteiger partial charge in [-0.1, -0.05) is 11.6 Å². The number of pyridine rings is 1. The van der Waals surface area contributed by atoms with E-state index < -0.39 is 24.2 Å². The summed E-state index contributed by atoms with van der Waals surface area (Å²) in [7, 11) is 0. The largest absolute Gasteiger partial charge is 0.475 e. The van der Waals surface area contributed by atoms with Crippen molar-refractivity contribution in [2.45, 2.75) is 62.9 Å². The molecule has 2 aromatic rings. The maximum Gasteiger partial charge on any atom is 0.415 e. The zero-order valence-electron chi connectivity index (χ0n) is 20.7. The molecule has 206 valence electrons. The Kier molecular flexibility index (Phi) is 9.25. The maximum absolute atomic E-state index is 12.5. The zero-order valence-corrected chi connectivity index (χ0v) is 21.4. The van der Waals surface area contributed by atoms with Crippen LogP contribution in [0.5, 0.6) is 5.88 Å². The molecule has 2 aromatic heterocycles. The van der Waals surface area contributed by atoms with Gasteiger partial charge in [-0.2, -0.15) is 18.4 Å². The van der Waals surface area contributed by atoms with Gasteiger partial charge in [0.1, 0.15) is 12.4 Å². The molecular formula is C25H30ClF3N6O3. The molecule has 1 atom stereocenters. The molecular weight excluding hydrogens is 525 g/mol. The fraction of sp³-hybridized carbons (Fsp3) is 0.600. The minimum absolute atomic E-state index is 0.0851. The number of nitrogens with zero attached hydrogens (tertiary/aromatic N) is 4. The first-order valence-corrected chi connectivity index (χ1v) is 12.9. The van der Waals surface area contributed by atoms with Crippen LogP contribution in [-0.2, 0) is 4.74 Å². The van der Waals surface area contributed by atoms with Crippen LogP contribution in [0.1, 0.15) is 38.5 Å². The predicted molar refractivity (Wildman–Crippen MR) is 134 cm³/mol. The van der Waals surface area contributed by atoms with Crippen LogP contribution in [0, 0.1) is 16.7 Å². The van der Waals surface area contributed by atoms with Gasteiger partial charge in [-0.15, -0.1) is 0 Å². The summed E-state index contributed by atoms with van der Waals surface area (Å²) in [5, 5.41) is 25.4. The van der Waals surface area contributed by atoms with Crippen LogP contribution in [0.4, 0.5) is 19.0 Å². The molecule has 3 N–H and O–H groups in total. The Morgan fingerprint density at radius 2 is 1.89 bits per heavy atom. The molecule has 9 nitrogen and oxygen atoms in total. The minimum Gasteiger partial charge on any atom is -0.475 e. The van der Waals surface area contributed by atoms with Gasteiger partial charge >= 0.3 is 6.18 Å². The minimum atomic E-state index is -4.62. The third kappa shape index (κ3) is 7.44. The molecule has 2 aliphatic rings. The predicted octanol–water partition coefficient (Wildman–Crippen LogP) is 4.13. The van der Waals surface area contributed by atoms with Gasteiger partial charge in [-0.3, -0.25) is 4.98 Å². The second kappa shape index (κ2) is 12.4. The number of anilines is 1. The second-order valence-corrected chi connectivity index (χ2v) is 10.2. The number of halogens is 4. The summed E-state index contributed by atoms with van der Waals surface area (Å²) in [5.41, 5.74) is 0.486. The fourth-order valence-corrected chi connectivity index (χ4v) is 4.77. The summed E-state index contributed by atoms with van der Waals surface area (Å²) >= 11 is 6.42. The van der Waals surface area contributed by atoms with Gasteiger partial charge in [0, 0.05) is 43.6 Å². The van der Waals surface area contributed by atoms with Crippen LogP contribution in [0.2, 0.25) is 5.02 Å². The zero-order chi connectivity index (χ0) is 27.2. The molecule has 0 spiro atoms. The molecule has 0 aromatic carbocycles. The first kappa shape index (κ1) is 28.3. The van der Waals surface area contributed by atoms with Crippen molar-refractivity contribution >= 4 is 17.4 Å². The lowest BCUT2D eigenvalue weighted by Crippen LogP contribution is -2.44. The average Bonchev–Trinajstić information content (AvgIpc) is 2.92. The Labute approximate surface area is 223 Å². The number of aliphatic hydroxyl groups excluding tert-OH is 1. The molecule has 2 fully saturated rings. The summed E-state index contributed by atoms with van der Waals surface area (Å²) < 4.78 is 48.7. The molecule has 0 amide bonds. The Morgan fingerprint density at radius 3 is 2.58 bits per heavy atom. The van der Waals surface area contributed by atoms with Crippen LogP contribution < -0.4 is 15.4 Å². The second-order valence-electron chi connectivity index (χ2n) is 9.74. The summed E-state index contributed by atoms with van der Waals surface area (Å²) in [5.74, 6) is 0.875. The van der Waals surface area contributed by atoms with Crippen LogP contribution in [0.25, 0.3) is 11.3 Å². The van der Waals surface area contributed by atoms with Crippen LogP contribution in [0.3, 0.4) is 0 Å². The molecule has 1 saturated heterocycles. The topological polar surface area (TPSA) is 125 Å². The van der Waals surface area contributed by atoms with Gasteiger partial charge in [0.15, 0.2) is 6.10 Å². The van der Waals surface area contributed by atoms with Gasteiger partial charge < -0.3 is 25.2 Å². The van der Waals surface area contributed by atoms with Gasteiger partial charge in [-0.05, 0) is 44.6 Å². The average molecular weight is 555 g/mol. The van der Waals surface area contributed by atoms with Gasteiger partial charge in [0.25, 0.3) is 0 Å². The van der Waals surface area contributed by atoms with Crippen molar-refractivity contribution < 1.29 is 27.8 Å². The third-order valence-corrected chi connectivity index (χ3v) is 7.29. The molecule has 1 aliphatic heterocycles. The van der Waals surface area contributed by atoms with Crippen LogP contribution in [0.15, 0.2) is 24.7 Å². The Morgan fingerprint density at radius 1 is 1.18 bits per heavy atom. The highest BCUT2D eigenvalue weighted by Gasteiger charge is 2.38. The smallest absolute Gasteiger partial charge is 0.415 e.